The van der Waals surface area contributed by atoms with Crippen LogP contribution in [0.1, 0.15) is 28.7 Å². The van der Waals surface area contributed by atoms with E-state index in [4.69, 9.17) is 11.6 Å². The van der Waals surface area contributed by atoms with Gasteiger partial charge in [0.05, 0.1) is 17.7 Å². The molecule has 0 saturated carbocycles. The smallest absolute Gasteiger partial charge is 0.298 e. The molecule has 0 aliphatic rings. The van der Waals surface area contributed by atoms with Crippen molar-refractivity contribution in [3.63, 3.8) is 0 Å². The fourth-order valence-corrected chi connectivity index (χ4v) is 4.32. The van der Waals surface area contributed by atoms with Crippen LogP contribution >= 0.6 is 11.6 Å². The number of aromatic nitrogens is 3. The van der Waals surface area contributed by atoms with Crippen LogP contribution in [-0.4, -0.2) is 20.1 Å². The largest absolute Gasteiger partial charge is 0.417 e. The molecule has 0 aliphatic carbocycles. The van der Waals surface area contributed by atoms with Gasteiger partial charge in [0, 0.05) is 22.6 Å². The van der Waals surface area contributed by atoms with Crippen molar-refractivity contribution in [2.24, 2.45) is 0 Å². The summed E-state index contributed by atoms with van der Waals surface area (Å²) in [6.07, 6.45) is -11.8. The average molecular weight is 586 g/mol. The Morgan fingerprint density at radius 3 is 2.12 bits per heavy atom. The summed E-state index contributed by atoms with van der Waals surface area (Å²) in [5.41, 5.74) is -4.61. The van der Waals surface area contributed by atoms with Crippen LogP contribution in [0.2, 0.25) is 5.02 Å². The first-order valence-corrected chi connectivity index (χ1v) is 12.1. The molecular formula is C27H19ClF7N3O2. The fraction of sp³-hybridized carbons (Fsp3) is 0.222. The predicted octanol–water partition coefficient (Wildman–Crippen LogP) is 6.79. The SMILES string of the molecule is O=C(CCc1cccc(C(F)(F)F)c1C(F)(F)F)Cn1nc(-c2ccc(Cl)cc2)n(Cc2ccccc2F)c1=O. The number of alkyl halides is 6. The Labute approximate surface area is 227 Å². The quantitative estimate of drug-likeness (QED) is 0.214. The highest BCUT2D eigenvalue weighted by atomic mass is 35.5. The maximum Gasteiger partial charge on any atom is 0.417 e. The van der Waals surface area contributed by atoms with Crippen molar-refractivity contribution in [1.29, 1.82) is 0 Å². The van der Waals surface area contributed by atoms with E-state index in [2.05, 4.69) is 5.10 Å². The molecule has 0 aliphatic heterocycles. The molecule has 0 atom stereocenters. The number of carbonyl (C=O) groups is 1. The highest BCUT2D eigenvalue weighted by molar-refractivity contribution is 6.30. The number of ketones is 1. The van der Waals surface area contributed by atoms with Gasteiger partial charge in [-0.1, -0.05) is 41.9 Å². The maximum absolute atomic E-state index is 14.3. The molecule has 4 aromatic rings. The van der Waals surface area contributed by atoms with Crippen LogP contribution in [0.5, 0.6) is 0 Å². The van der Waals surface area contributed by atoms with Gasteiger partial charge in [0.15, 0.2) is 11.6 Å². The molecule has 0 N–H and O–H groups in total. The monoisotopic (exact) mass is 585 g/mol. The third-order valence-electron chi connectivity index (χ3n) is 6.05. The van der Waals surface area contributed by atoms with Gasteiger partial charge in [0.25, 0.3) is 0 Å². The molecule has 1 aromatic heterocycles. The molecule has 1 heterocycles. The van der Waals surface area contributed by atoms with Crippen LogP contribution in [0, 0.1) is 5.82 Å². The lowest BCUT2D eigenvalue weighted by molar-refractivity contribution is -0.162. The number of halogens is 8. The van der Waals surface area contributed by atoms with Gasteiger partial charge in [0.1, 0.15) is 12.4 Å². The third-order valence-corrected chi connectivity index (χ3v) is 6.30. The lowest BCUT2D eigenvalue weighted by Gasteiger charge is -2.19. The Hall–Kier alpha value is -3.93. The van der Waals surface area contributed by atoms with Gasteiger partial charge in [-0.15, -0.1) is 5.10 Å². The molecule has 0 amide bonds. The predicted molar refractivity (Wildman–Crippen MR) is 132 cm³/mol. The summed E-state index contributed by atoms with van der Waals surface area (Å²) < 4.78 is 96.5. The number of nitrogens with zero attached hydrogens (tertiary/aromatic N) is 3. The summed E-state index contributed by atoms with van der Waals surface area (Å²) in [5.74, 6) is -1.25. The molecule has 0 radical (unpaired) electrons. The van der Waals surface area contributed by atoms with E-state index in [1.807, 2.05) is 0 Å². The van der Waals surface area contributed by atoms with E-state index >= 15 is 0 Å². The Bertz CT molecular complexity index is 1590. The second-order valence-electron chi connectivity index (χ2n) is 8.82. The number of rotatable bonds is 8. The van der Waals surface area contributed by atoms with Crippen LogP contribution < -0.4 is 5.69 Å². The molecule has 0 fully saturated rings. The van der Waals surface area contributed by atoms with E-state index in [1.165, 1.54) is 30.3 Å². The summed E-state index contributed by atoms with van der Waals surface area (Å²) in [5, 5.41) is 4.58. The van der Waals surface area contributed by atoms with Crippen molar-refractivity contribution >= 4 is 17.4 Å². The molecule has 3 aromatic carbocycles. The number of hydrogen-bond donors (Lipinski definition) is 0. The van der Waals surface area contributed by atoms with Gasteiger partial charge in [-0.05, 0) is 48.4 Å². The summed E-state index contributed by atoms with van der Waals surface area (Å²) in [6.45, 7) is -0.902. The topological polar surface area (TPSA) is 56.9 Å². The normalized spacial score (nSPS) is 12.1. The Balaban J connectivity index is 1.62. The summed E-state index contributed by atoms with van der Waals surface area (Å²) in [7, 11) is 0. The molecule has 0 unspecified atom stereocenters. The van der Waals surface area contributed by atoms with Crippen molar-refractivity contribution < 1.29 is 35.5 Å². The lowest BCUT2D eigenvalue weighted by Crippen LogP contribution is -2.28. The number of aryl methyl sites for hydroxylation is 1. The number of Topliss-reactive ketones (excluding diaryl/α,β-unsaturated/α-hetero) is 1. The second kappa shape index (κ2) is 11.3. The zero-order valence-corrected chi connectivity index (χ0v) is 21.1. The van der Waals surface area contributed by atoms with Gasteiger partial charge in [-0.2, -0.15) is 26.3 Å². The minimum absolute atomic E-state index is 0.0787. The van der Waals surface area contributed by atoms with E-state index in [1.54, 1.807) is 18.2 Å². The van der Waals surface area contributed by atoms with E-state index < -0.39 is 65.7 Å². The zero-order valence-electron chi connectivity index (χ0n) is 20.4. The fourth-order valence-electron chi connectivity index (χ4n) is 4.20. The summed E-state index contributed by atoms with van der Waals surface area (Å²) >= 11 is 5.93. The highest BCUT2D eigenvalue weighted by Gasteiger charge is 2.44. The van der Waals surface area contributed by atoms with E-state index in [0.717, 1.165) is 21.4 Å². The average Bonchev–Trinajstić information content (AvgIpc) is 3.18. The summed E-state index contributed by atoms with van der Waals surface area (Å²) in [6, 6.07) is 13.9. The van der Waals surface area contributed by atoms with E-state index in [-0.39, 0.29) is 17.9 Å². The van der Waals surface area contributed by atoms with Crippen molar-refractivity contribution in [2.45, 2.75) is 38.3 Å². The van der Waals surface area contributed by atoms with Gasteiger partial charge in [0.2, 0.25) is 0 Å². The molecule has 0 saturated heterocycles. The molecule has 40 heavy (non-hydrogen) atoms. The van der Waals surface area contributed by atoms with Gasteiger partial charge < -0.3 is 0 Å². The number of carbonyl (C=O) groups excluding carboxylic acids is 1. The second-order valence-corrected chi connectivity index (χ2v) is 9.26. The van der Waals surface area contributed by atoms with Crippen LogP contribution in [0.25, 0.3) is 11.4 Å². The Kier molecular flexibility index (Phi) is 8.20. The molecule has 210 valence electrons. The van der Waals surface area contributed by atoms with E-state index in [0.29, 0.717) is 16.7 Å². The first kappa shape index (κ1) is 29.1. The van der Waals surface area contributed by atoms with E-state index in [9.17, 15) is 40.3 Å². The minimum Gasteiger partial charge on any atom is -0.298 e. The molecule has 0 bridgehead atoms. The van der Waals surface area contributed by atoms with Crippen LogP contribution in [0.15, 0.2) is 71.5 Å². The number of hydrogen-bond acceptors (Lipinski definition) is 3. The first-order valence-electron chi connectivity index (χ1n) is 11.7. The lowest BCUT2D eigenvalue weighted by atomic mass is 9.96. The zero-order chi connectivity index (χ0) is 29.2. The minimum atomic E-state index is -5.31. The van der Waals surface area contributed by atoms with Crippen molar-refractivity contribution in [3.8, 4) is 11.4 Å². The van der Waals surface area contributed by atoms with Crippen molar-refractivity contribution in [3.05, 3.63) is 110 Å². The van der Waals surface area contributed by atoms with Gasteiger partial charge in [-0.3, -0.25) is 9.36 Å². The third kappa shape index (κ3) is 6.44. The Morgan fingerprint density at radius 2 is 1.50 bits per heavy atom. The molecule has 4 rings (SSSR count). The highest BCUT2D eigenvalue weighted by Crippen LogP contribution is 2.42. The standard InChI is InChI=1S/C27H19ClF7N3O2/c28-19-11-8-17(9-12-19)24-36-38(25(40)37(24)14-18-4-1-2-7-22(18)29)15-20(39)13-10-16-5-3-6-21(26(30,31)32)23(16)27(33,34)35/h1-9,11-12H,10,13-15H2. The number of benzene rings is 3. The van der Waals surface area contributed by atoms with Crippen LogP contribution in [0.3, 0.4) is 0 Å². The summed E-state index contributed by atoms with van der Waals surface area (Å²) in [4.78, 5) is 25.9. The van der Waals surface area contributed by atoms with Crippen molar-refractivity contribution in [1.82, 2.24) is 14.3 Å². The maximum atomic E-state index is 14.3. The first-order chi connectivity index (χ1) is 18.8. The van der Waals surface area contributed by atoms with Crippen LogP contribution in [0.4, 0.5) is 30.7 Å². The van der Waals surface area contributed by atoms with Crippen LogP contribution in [-0.2, 0) is 36.7 Å². The molecule has 5 nitrogen and oxygen atoms in total. The van der Waals surface area contributed by atoms with Gasteiger partial charge >= 0.3 is 18.0 Å². The van der Waals surface area contributed by atoms with Crippen molar-refractivity contribution in [2.75, 3.05) is 0 Å². The Morgan fingerprint density at radius 1 is 0.850 bits per heavy atom. The molecular weight excluding hydrogens is 567 g/mol. The molecule has 0 spiro atoms. The molecule has 13 heteroatoms. The van der Waals surface area contributed by atoms with Gasteiger partial charge in [-0.25, -0.2) is 13.9 Å².